The van der Waals surface area contributed by atoms with E-state index in [1.165, 1.54) is 0 Å². The van der Waals surface area contributed by atoms with E-state index in [-0.39, 0.29) is 0 Å². The second-order valence-corrected chi connectivity index (χ2v) is 2.59. The first-order valence-corrected chi connectivity index (χ1v) is 4.03. The number of aliphatic hydroxyl groups is 1. The summed E-state index contributed by atoms with van der Waals surface area (Å²) in [5.74, 6) is -1.20. The van der Waals surface area contributed by atoms with E-state index in [9.17, 15) is 14.2 Å². The van der Waals surface area contributed by atoms with Crippen molar-refractivity contribution in [1.29, 1.82) is 0 Å². The first-order valence-electron chi connectivity index (χ1n) is 2.93. The monoisotopic (exact) mass is 212 g/mol. The van der Waals surface area contributed by atoms with Crippen molar-refractivity contribution in [2.45, 2.75) is 6.04 Å². The van der Waals surface area contributed by atoms with E-state index >= 15 is 0 Å². The number of carbonyl (C=O) groups is 2. The number of carbonyl (C=O) groups excluding carboxylic acids is 1. The van der Waals surface area contributed by atoms with Crippen LogP contribution in [0.1, 0.15) is 0 Å². The molecule has 0 aliphatic heterocycles. The van der Waals surface area contributed by atoms with Crippen molar-refractivity contribution in [2.24, 2.45) is 5.73 Å². The van der Waals surface area contributed by atoms with Crippen molar-refractivity contribution in [2.75, 3.05) is 6.61 Å². The molecule has 13 heavy (non-hydrogen) atoms. The fraction of sp³-hybridized carbons (Fsp3) is 0.500. The quantitative estimate of drug-likeness (QED) is 0.515. The minimum absolute atomic E-state index is 0.699. The summed E-state index contributed by atoms with van der Waals surface area (Å²) < 4.78 is 17.9. The number of hydrogen-bond acceptors (Lipinski definition) is 7. The molecule has 0 fully saturated rings. The van der Waals surface area contributed by atoms with Gasteiger partial charge >= 0.3 is 20.4 Å². The van der Waals surface area contributed by atoms with E-state index in [0.29, 0.717) is 0 Å². The minimum Gasteiger partial charge on any atom is -0.447 e. The van der Waals surface area contributed by atoms with Crippen LogP contribution in [-0.4, -0.2) is 35.0 Å². The molecule has 0 saturated heterocycles. The summed E-state index contributed by atoms with van der Waals surface area (Å²) in [7, 11) is -3.09. The maximum Gasteiger partial charge on any atom is 0.815 e. The summed E-state index contributed by atoms with van der Waals surface area (Å²) >= 11 is 0. The summed E-state index contributed by atoms with van der Waals surface area (Å²) in [6, 6.07) is -1.36. The van der Waals surface area contributed by atoms with Gasteiger partial charge in [0.15, 0.2) is 0 Å². The average Bonchev–Trinajstić information content (AvgIpc) is 2.01. The highest BCUT2D eigenvalue weighted by molar-refractivity contribution is 7.34. The standard InChI is InChI=1S/C4H6NO7P/c5-2(1-6)3(7)11-13(10)12-4(8)9/h2,6H,1,5H2/p+1/t2-/m0/s1. The Kier molecular flexibility index (Phi) is 4.90. The van der Waals surface area contributed by atoms with Crippen LogP contribution in [0.3, 0.4) is 0 Å². The van der Waals surface area contributed by atoms with Crippen LogP contribution in [0.4, 0.5) is 4.79 Å². The number of rotatable bonds is 4. The minimum atomic E-state index is -3.09. The third-order valence-electron chi connectivity index (χ3n) is 0.817. The van der Waals surface area contributed by atoms with Gasteiger partial charge in [-0.15, -0.1) is 4.52 Å². The second-order valence-electron chi connectivity index (χ2n) is 1.78. The van der Waals surface area contributed by atoms with Crippen LogP contribution in [0, 0.1) is 0 Å². The molecular formula is C4H7NO7P+. The van der Waals surface area contributed by atoms with Crippen molar-refractivity contribution in [3.8, 4) is 0 Å². The Morgan fingerprint density at radius 1 is 1.46 bits per heavy atom. The van der Waals surface area contributed by atoms with Crippen LogP contribution in [0.2, 0.25) is 0 Å². The predicted molar refractivity (Wildman–Crippen MR) is 37.9 cm³/mol. The maximum absolute atomic E-state index is 10.6. The number of hydrogen-bond donors (Lipinski definition) is 3. The molecule has 8 nitrogen and oxygen atoms in total. The molecule has 0 radical (unpaired) electrons. The third-order valence-corrected chi connectivity index (χ3v) is 1.45. The van der Waals surface area contributed by atoms with Crippen LogP contribution < -0.4 is 5.73 Å². The van der Waals surface area contributed by atoms with Crippen molar-refractivity contribution in [3.05, 3.63) is 0 Å². The first-order chi connectivity index (χ1) is 5.97. The van der Waals surface area contributed by atoms with E-state index in [2.05, 4.69) is 9.05 Å². The Morgan fingerprint density at radius 2 is 2.00 bits per heavy atom. The number of aliphatic hydroxyl groups excluding tert-OH is 1. The van der Waals surface area contributed by atoms with Crippen molar-refractivity contribution in [3.63, 3.8) is 0 Å². The zero-order chi connectivity index (χ0) is 10.4. The Bertz CT molecular complexity index is 229. The Labute approximate surface area is 73.2 Å². The van der Waals surface area contributed by atoms with Gasteiger partial charge in [0.1, 0.15) is 6.04 Å². The van der Waals surface area contributed by atoms with Gasteiger partial charge in [-0.3, -0.25) is 0 Å². The summed E-state index contributed by atoms with van der Waals surface area (Å²) in [5, 5.41) is 16.2. The van der Waals surface area contributed by atoms with E-state index in [1.807, 2.05) is 0 Å². The molecule has 0 heterocycles. The molecule has 0 saturated carbocycles. The molecule has 1 unspecified atom stereocenters. The van der Waals surface area contributed by atoms with E-state index in [4.69, 9.17) is 15.9 Å². The second kappa shape index (κ2) is 5.41. The Morgan fingerprint density at radius 3 is 2.38 bits per heavy atom. The van der Waals surface area contributed by atoms with Gasteiger partial charge in [0, 0.05) is 4.57 Å². The lowest BCUT2D eigenvalue weighted by atomic mass is 10.3. The molecule has 0 amide bonds. The molecule has 9 heteroatoms. The lowest BCUT2D eigenvalue weighted by Gasteiger charge is -1.98. The van der Waals surface area contributed by atoms with Crippen molar-refractivity contribution < 1.29 is 33.4 Å². The summed E-state index contributed by atoms with van der Waals surface area (Å²) in [5.41, 5.74) is 4.94. The van der Waals surface area contributed by atoms with Gasteiger partial charge in [-0.1, -0.05) is 0 Å². The van der Waals surface area contributed by atoms with Crippen LogP contribution in [0.5, 0.6) is 0 Å². The Balaban J connectivity index is 3.92. The van der Waals surface area contributed by atoms with Crippen LogP contribution in [0.15, 0.2) is 0 Å². The molecule has 0 bridgehead atoms. The zero-order valence-corrected chi connectivity index (χ0v) is 7.14. The topological polar surface area (TPSA) is 136 Å². The van der Waals surface area contributed by atoms with Crippen LogP contribution in [-0.2, 0) is 18.4 Å². The highest BCUT2D eigenvalue weighted by atomic mass is 31.1. The highest BCUT2D eigenvalue weighted by Gasteiger charge is 2.33. The number of carboxylic acid groups (broad SMARTS) is 1. The molecule has 0 spiro atoms. The molecule has 0 aliphatic carbocycles. The molecule has 2 atom stereocenters. The highest BCUT2D eigenvalue weighted by Crippen LogP contribution is 2.24. The SMILES string of the molecule is N[C@@H](CO)C(=O)O[P+](=O)OC(=O)O. The van der Waals surface area contributed by atoms with E-state index in [1.54, 1.807) is 0 Å². The predicted octanol–water partition coefficient (Wildman–Crippen LogP) is -0.799. The molecule has 4 N–H and O–H groups in total. The molecule has 0 rings (SSSR count). The number of nitrogens with two attached hydrogens (primary N) is 1. The van der Waals surface area contributed by atoms with Gasteiger partial charge in [0.25, 0.3) is 0 Å². The summed E-state index contributed by atoms with van der Waals surface area (Å²) in [4.78, 5) is 20.4. The molecule has 74 valence electrons. The van der Waals surface area contributed by atoms with Gasteiger partial charge in [-0.25, -0.2) is 4.79 Å². The summed E-state index contributed by atoms with van der Waals surface area (Å²) in [6.07, 6.45) is -1.84. The van der Waals surface area contributed by atoms with Gasteiger partial charge in [-0.05, 0) is 0 Å². The molecule has 0 aromatic heterocycles. The summed E-state index contributed by atoms with van der Waals surface area (Å²) in [6.45, 7) is -0.699. The van der Waals surface area contributed by atoms with E-state index < -0.39 is 33.0 Å². The third kappa shape index (κ3) is 5.07. The van der Waals surface area contributed by atoms with E-state index in [0.717, 1.165) is 0 Å². The average molecular weight is 212 g/mol. The van der Waals surface area contributed by atoms with Gasteiger partial charge < -0.3 is 15.9 Å². The molecule has 0 aromatic rings. The molecular weight excluding hydrogens is 205 g/mol. The van der Waals surface area contributed by atoms with Crippen LogP contribution in [0.25, 0.3) is 0 Å². The van der Waals surface area contributed by atoms with Crippen LogP contribution >= 0.6 is 8.25 Å². The lowest BCUT2D eigenvalue weighted by Crippen LogP contribution is -2.34. The fourth-order valence-corrected chi connectivity index (χ4v) is 0.745. The molecule has 0 aromatic carbocycles. The maximum atomic E-state index is 10.6. The smallest absolute Gasteiger partial charge is 0.447 e. The fourth-order valence-electron chi connectivity index (χ4n) is 0.298. The molecule has 0 aliphatic rings. The lowest BCUT2D eigenvalue weighted by molar-refractivity contribution is -0.136. The van der Waals surface area contributed by atoms with Crippen molar-refractivity contribution >= 4 is 20.4 Å². The van der Waals surface area contributed by atoms with Gasteiger partial charge in [0.2, 0.25) is 0 Å². The first kappa shape index (κ1) is 11.8. The van der Waals surface area contributed by atoms with Crippen molar-refractivity contribution in [1.82, 2.24) is 0 Å². The zero-order valence-electron chi connectivity index (χ0n) is 6.24. The Hall–Kier alpha value is -1.24. The largest absolute Gasteiger partial charge is 0.815 e. The van der Waals surface area contributed by atoms with Gasteiger partial charge in [0.05, 0.1) is 6.61 Å². The normalized spacial score (nSPS) is 12.9. The van der Waals surface area contributed by atoms with Gasteiger partial charge in [-0.2, -0.15) is 9.32 Å².